The van der Waals surface area contributed by atoms with Gasteiger partial charge in [0.15, 0.2) is 6.10 Å². The molecule has 3 unspecified atom stereocenters. The summed E-state index contributed by atoms with van der Waals surface area (Å²) in [5, 5.41) is 11.7. The highest BCUT2D eigenvalue weighted by molar-refractivity contribution is 5.80. The van der Waals surface area contributed by atoms with E-state index in [9.17, 15) is 9.59 Å². The monoisotopic (exact) mass is 329 g/mol. The van der Waals surface area contributed by atoms with Crippen molar-refractivity contribution in [2.45, 2.75) is 63.4 Å². The Morgan fingerprint density at radius 1 is 1.22 bits per heavy atom. The summed E-state index contributed by atoms with van der Waals surface area (Å²) in [6.45, 7) is 2.21. The van der Waals surface area contributed by atoms with Crippen molar-refractivity contribution in [2.75, 3.05) is 20.3 Å². The van der Waals surface area contributed by atoms with Crippen LogP contribution in [0.5, 0.6) is 0 Å². The van der Waals surface area contributed by atoms with Gasteiger partial charge in [-0.2, -0.15) is 0 Å². The third kappa shape index (κ3) is 4.43. The van der Waals surface area contributed by atoms with E-state index in [1.54, 1.807) is 7.11 Å². The maximum atomic E-state index is 12.3. The van der Waals surface area contributed by atoms with Gasteiger partial charge in [-0.1, -0.05) is 12.8 Å². The zero-order chi connectivity index (χ0) is 16.8. The van der Waals surface area contributed by atoms with Gasteiger partial charge in [0.25, 0.3) is 0 Å². The molecular weight excluding hydrogens is 302 g/mol. The molecule has 2 bridgehead atoms. The van der Waals surface area contributed by atoms with Gasteiger partial charge in [0.05, 0.1) is 18.1 Å². The van der Waals surface area contributed by atoms with Gasteiger partial charge >= 0.3 is 5.97 Å². The van der Waals surface area contributed by atoms with Crippen LogP contribution in [0.15, 0.2) is 0 Å². The first kappa shape index (κ1) is 18.2. The van der Waals surface area contributed by atoms with Gasteiger partial charge < -0.3 is 24.6 Å². The molecule has 0 saturated carbocycles. The molecule has 132 valence electrons. The topological polar surface area (TPSA) is 94.1 Å². The van der Waals surface area contributed by atoms with Gasteiger partial charge in [-0.3, -0.25) is 9.59 Å². The first-order valence-corrected chi connectivity index (χ1v) is 8.32. The van der Waals surface area contributed by atoms with Crippen molar-refractivity contribution >= 4 is 11.9 Å². The lowest BCUT2D eigenvalue weighted by molar-refractivity contribution is -0.155. The van der Waals surface area contributed by atoms with Crippen LogP contribution >= 0.6 is 0 Å². The second-order valence-electron chi connectivity index (χ2n) is 6.18. The summed E-state index contributed by atoms with van der Waals surface area (Å²) >= 11 is 0. The molecule has 2 saturated heterocycles. The second-order valence-corrected chi connectivity index (χ2v) is 6.18. The summed E-state index contributed by atoms with van der Waals surface area (Å²) in [5.74, 6) is -0.644. The lowest BCUT2D eigenvalue weighted by Crippen LogP contribution is -2.49. The molecule has 7 heteroatoms. The Hall–Kier alpha value is -1.18. The van der Waals surface area contributed by atoms with Crippen LogP contribution in [0.2, 0.25) is 0 Å². The molecule has 2 fully saturated rings. The number of hydrogen-bond acceptors (Lipinski definition) is 6. The number of unbranched alkanes of at least 4 members (excludes halogenated alkanes) is 3. The molecule has 0 aromatic carbocycles. The Balaban J connectivity index is 1.77. The van der Waals surface area contributed by atoms with Crippen LogP contribution < -0.4 is 5.32 Å². The molecule has 2 N–H and O–H groups in total. The van der Waals surface area contributed by atoms with Crippen molar-refractivity contribution in [2.24, 2.45) is 5.92 Å². The van der Waals surface area contributed by atoms with Crippen molar-refractivity contribution in [1.29, 1.82) is 0 Å². The highest BCUT2D eigenvalue weighted by Crippen LogP contribution is 2.42. The fourth-order valence-corrected chi connectivity index (χ4v) is 3.45. The van der Waals surface area contributed by atoms with Crippen molar-refractivity contribution < 1.29 is 28.9 Å². The molecule has 2 aliphatic heterocycles. The van der Waals surface area contributed by atoms with Crippen LogP contribution in [0.1, 0.15) is 39.0 Å². The van der Waals surface area contributed by atoms with E-state index in [4.69, 9.17) is 19.3 Å². The molecule has 0 aromatic heterocycles. The maximum Gasteiger partial charge on any atom is 0.303 e. The molecule has 0 aliphatic carbocycles. The molecule has 2 heterocycles. The number of nitrogens with one attached hydrogen (secondary N) is 1. The zero-order valence-corrected chi connectivity index (χ0v) is 13.8. The highest BCUT2D eigenvalue weighted by Gasteiger charge is 2.58. The van der Waals surface area contributed by atoms with E-state index in [0.29, 0.717) is 13.0 Å². The quantitative estimate of drug-likeness (QED) is 0.469. The number of carbonyl (C=O) groups is 2. The van der Waals surface area contributed by atoms with Crippen LogP contribution in [0, 0.1) is 5.92 Å². The van der Waals surface area contributed by atoms with E-state index >= 15 is 0 Å². The van der Waals surface area contributed by atoms with Crippen LogP contribution in [-0.2, 0) is 23.8 Å². The lowest BCUT2D eigenvalue weighted by Gasteiger charge is -2.30. The number of esters is 1. The first-order valence-electron chi connectivity index (χ1n) is 8.32. The summed E-state index contributed by atoms with van der Waals surface area (Å²) in [6, 6.07) is 0. The van der Waals surface area contributed by atoms with E-state index in [2.05, 4.69) is 5.32 Å². The van der Waals surface area contributed by atoms with E-state index in [0.717, 1.165) is 25.7 Å². The number of carbonyl (C=O) groups excluding carboxylic acids is 2. The predicted molar refractivity (Wildman–Crippen MR) is 81.7 cm³/mol. The number of amides is 1. The largest absolute Gasteiger partial charge is 0.457 e. The Morgan fingerprint density at radius 2 is 1.96 bits per heavy atom. The Morgan fingerprint density at radius 3 is 2.61 bits per heavy atom. The molecule has 2 rings (SSSR count). The van der Waals surface area contributed by atoms with E-state index in [1.807, 2.05) is 0 Å². The fourth-order valence-electron chi connectivity index (χ4n) is 3.45. The average molecular weight is 329 g/mol. The first-order chi connectivity index (χ1) is 11.1. The summed E-state index contributed by atoms with van der Waals surface area (Å²) in [5.41, 5.74) is 0. The van der Waals surface area contributed by atoms with Gasteiger partial charge in [-0.15, -0.1) is 0 Å². The number of hydrogen-bond donors (Lipinski definition) is 2. The van der Waals surface area contributed by atoms with Gasteiger partial charge in [0.1, 0.15) is 6.10 Å². The Bertz CT molecular complexity index is 415. The zero-order valence-electron chi connectivity index (χ0n) is 13.8. The van der Waals surface area contributed by atoms with E-state index in [-0.39, 0.29) is 36.6 Å². The third-order valence-corrected chi connectivity index (χ3v) is 4.52. The summed E-state index contributed by atoms with van der Waals surface area (Å²) in [7, 11) is 1.54. The minimum Gasteiger partial charge on any atom is -0.457 e. The van der Waals surface area contributed by atoms with Crippen molar-refractivity contribution in [3.63, 3.8) is 0 Å². The van der Waals surface area contributed by atoms with Crippen LogP contribution in [0.4, 0.5) is 0 Å². The average Bonchev–Trinajstić information content (AvgIpc) is 3.08. The van der Waals surface area contributed by atoms with E-state index in [1.165, 1.54) is 6.92 Å². The second kappa shape index (κ2) is 8.61. The molecular formula is C16H27NO6. The van der Waals surface area contributed by atoms with Crippen LogP contribution in [0.3, 0.4) is 0 Å². The third-order valence-electron chi connectivity index (χ3n) is 4.52. The predicted octanol–water partition coefficient (Wildman–Crippen LogP) is 0.389. The molecule has 5 atom stereocenters. The number of rotatable bonds is 9. The number of fused-ring (bicyclic) bond motifs is 2. The maximum absolute atomic E-state index is 12.3. The number of methoxy groups -OCH3 is 1. The van der Waals surface area contributed by atoms with Crippen molar-refractivity contribution in [1.82, 2.24) is 5.32 Å². The molecule has 2 aliphatic rings. The molecule has 23 heavy (non-hydrogen) atoms. The van der Waals surface area contributed by atoms with Crippen molar-refractivity contribution in [3.05, 3.63) is 0 Å². The summed E-state index contributed by atoms with van der Waals surface area (Å²) in [6.07, 6.45) is 2.78. The number of aliphatic hydroxyl groups excluding tert-OH is 1. The minimum absolute atomic E-state index is 0.0250. The summed E-state index contributed by atoms with van der Waals surface area (Å²) < 4.78 is 16.5. The molecule has 0 aromatic rings. The highest BCUT2D eigenvalue weighted by atomic mass is 16.6. The van der Waals surface area contributed by atoms with Gasteiger partial charge in [0.2, 0.25) is 5.91 Å². The minimum atomic E-state index is -0.426. The van der Waals surface area contributed by atoms with E-state index < -0.39 is 12.2 Å². The van der Waals surface area contributed by atoms with Crippen LogP contribution in [0.25, 0.3) is 0 Å². The standard InChI is InChI=1S/C16H27NO6/c1-10(19)22-14-12-9-11(13(23-12)15(14)21-2)16(20)17-7-5-3-4-6-8-18/h11-15,18H,3-9H2,1-2H3,(H,17,20)/t11?,12?,13-,14?,15+/m0/s1. The van der Waals surface area contributed by atoms with Gasteiger partial charge in [-0.05, 0) is 19.3 Å². The van der Waals surface area contributed by atoms with Crippen molar-refractivity contribution in [3.8, 4) is 0 Å². The number of ether oxygens (including phenoxy) is 3. The molecule has 1 amide bonds. The lowest BCUT2D eigenvalue weighted by atomic mass is 9.84. The normalized spacial score (nSPS) is 32.0. The number of aliphatic hydroxyl groups is 1. The van der Waals surface area contributed by atoms with Gasteiger partial charge in [-0.25, -0.2) is 0 Å². The van der Waals surface area contributed by atoms with Crippen LogP contribution in [-0.4, -0.2) is 61.7 Å². The van der Waals surface area contributed by atoms with Gasteiger partial charge in [0, 0.05) is 27.2 Å². The Kier molecular flexibility index (Phi) is 6.80. The SMILES string of the molecule is CO[C@H]1C(OC(C)=O)C2CC(C(=O)NCCCCCCO)[C@@H]1O2. The summed E-state index contributed by atoms with van der Waals surface area (Å²) in [4.78, 5) is 23.5. The Labute approximate surface area is 136 Å². The smallest absolute Gasteiger partial charge is 0.303 e. The fraction of sp³-hybridized carbons (Fsp3) is 0.875. The molecule has 0 spiro atoms. The molecule has 7 nitrogen and oxygen atoms in total. The molecule has 0 radical (unpaired) electrons.